The second-order valence-corrected chi connectivity index (χ2v) is 8.19. The summed E-state index contributed by atoms with van der Waals surface area (Å²) in [6.07, 6.45) is 1.68. The smallest absolute Gasteiger partial charge is 0.268 e. The molecule has 0 radical (unpaired) electrons. The molecule has 4 rings (SSSR count). The van der Waals surface area contributed by atoms with Gasteiger partial charge in [-0.05, 0) is 53.8 Å². The first-order valence-corrected chi connectivity index (χ1v) is 11.7. The number of rotatable bonds is 8. The third-order valence-corrected chi connectivity index (χ3v) is 5.81. The Morgan fingerprint density at radius 3 is 2.29 bits per heavy atom. The molecular weight excluding hydrogens is 460 g/mol. The first-order valence-electron chi connectivity index (χ1n) is 11.3. The summed E-state index contributed by atoms with van der Waals surface area (Å²) in [5, 5.41) is 8.04. The summed E-state index contributed by atoms with van der Waals surface area (Å²) in [5.74, 6) is -0.0366. The lowest BCUT2D eigenvalue weighted by Gasteiger charge is -2.14. The van der Waals surface area contributed by atoms with E-state index in [1.807, 2.05) is 67.6 Å². The van der Waals surface area contributed by atoms with Crippen LogP contribution < -0.4 is 15.4 Å². The number of amides is 2. The zero-order chi connectivity index (χ0) is 24.6. The number of carbonyl (C=O) groups is 2. The Bertz CT molecular complexity index is 1380. The third-order valence-electron chi connectivity index (χ3n) is 5.44. The maximum Gasteiger partial charge on any atom is 0.268 e. The fourth-order valence-corrected chi connectivity index (χ4v) is 3.91. The number of carbonyl (C=O) groups excluding carboxylic acids is 2. The highest BCUT2D eigenvalue weighted by molar-refractivity contribution is 6.31. The number of ether oxygens (including phenoxy) is 1. The largest absolute Gasteiger partial charge is 0.493 e. The number of fused-ring (bicyclic) bond motifs is 1. The molecule has 0 aromatic heterocycles. The Morgan fingerprint density at radius 2 is 1.54 bits per heavy atom. The van der Waals surface area contributed by atoms with Crippen LogP contribution in [0.3, 0.4) is 0 Å². The first-order chi connectivity index (χ1) is 17.1. The molecule has 0 aliphatic carbocycles. The van der Waals surface area contributed by atoms with Crippen molar-refractivity contribution in [2.45, 2.75) is 13.5 Å². The Hall–Kier alpha value is -4.09. The van der Waals surface area contributed by atoms with Crippen molar-refractivity contribution in [3.63, 3.8) is 0 Å². The van der Waals surface area contributed by atoms with Gasteiger partial charge in [0.15, 0.2) is 0 Å². The van der Waals surface area contributed by atoms with Crippen LogP contribution in [0.2, 0.25) is 5.02 Å². The lowest BCUT2D eigenvalue weighted by molar-refractivity contribution is -0.117. The minimum absolute atomic E-state index is 0.125. The Kier molecular flexibility index (Phi) is 7.81. The first kappa shape index (κ1) is 24.0. The van der Waals surface area contributed by atoms with Gasteiger partial charge in [0.25, 0.3) is 11.8 Å². The fraction of sp³-hybridized carbons (Fsp3) is 0.103. The van der Waals surface area contributed by atoms with Crippen LogP contribution in [0, 0.1) is 0 Å². The summed E-state index contributed by atoms with van der Waals surface area (Å²) in [5.41, 5.74) is 2.14. The van der Waals surface area contributed by atoms with Gasteiger partial charge in [0.2, 0.25) is 0 Å². The molecule has 0 aliphatic rings. The predicted molar refractivity (Wildman–Crippen MR) is 140 cm³/mol. The third kappa shape index (κ3) is 5.89. The van der Waals surface area contributed by atoms with Crippen molar-refractivity contribution in [3.8, 4) is 5.75 Å². The molecule has 0 unspecified atom stereocenters. The Labute approximate surface area is 209 Å². The Morgan fingerprint density at radius 1 is 0.857 bits per heavy atom. The number of hydrogen-bond donors (Lipinski definition) is 2. The average Bonchev–Trinajstić information content (AvgIpc) is 2.89. The maximum absolute atomic E-state index is 13.2. The fourth-order valence-electron chi connectivity index (χ4n) is 3.71. The van der Waals surface area contributed by atoms with Crippen molar-refractivity contribution in [3.05, 3.63) is 118 Å². The maximum atomic E-state index is 13.2. The van der Waals surface area contributed by atoms with Crippen LogP contribution in [0.1, 0.15) is 28.4 Å². The molecule has 0 saturated carbocycles. The van der Waals surface area contributed by atoms with E-state index in [0.29, 0.717) is 17.2 Å². The minimum atomic E-state index is -0.424. The topological polar surface area (TPSA) is 67.4 Å². The van der Waals surface area contributed by atoms with E-state index in [-0.39, 0.29) is 18.1 Å². The van der Waals surface area contributed by atoms with Crippen molar-refractivity contribution in [2.75, 3.05) is 6.61 Å². The van der Waals surface area contributed by atoms with Gasteiger partial charge in [0.05, 0.1) is 6.61 Å². The van der Waals surface area contributed by atoms with E-state index in [9.17, 15) is 9.59 Å². The standard InChI is InChI=1S/C29H25ClN2O3/c1-2-35-27-17-16-21(23-13-7-8-14-24(23)27)18-26(32-28(33)20-10-4-3-5-11-20)29(34)31-19-22-12-6-9-15-25(22)30/h3-18H,2,19H2,1H3,(H,31,34)(H,32,33). The second-order valence-electron chi connectivity index (χ2n) is 7.78. The van der Waals surface area contributed by atoms with Crippen LogP contribution in [0.5, 0.6) is 5.75 Å². The Balaban J connectivity index is 1.69. The highest BCUT2D eigenvalue weighted by atomic mass is 35.5. The van der Waals surface area contributed by atoms with Gasteiger partial charge in [-0.3, -0.25) is 9.59 Å². The molecule has 0 saturated heterocycles. The lowest BCUT2D eigenvalue weighted by Crippen LogP contribution is -2.34. The number of nitrogens with one attached hydrogen (secondary N) is 2. The second kappa shape index (κ2) is 11.4. The summed E-state index contributed by atoms with van der Waals surface area (Å²) in [6.45, 7) is 2.70. The predicted octanol–water partition coefficient (Wildman–Crippen LogP) is 5.98. The number of halogens is 1. The van der Waals surface area contributed by atoms with E-state index in [1.165, 1.54) is 0 Å². The molecule has 0 fully saturated rings. The number of hydrogen-bond acceptors (Lipinski definition) is 3. The molecule has 0 aliphatic heterocycles. The highest BCUT2D eigenvalue weighted by Gasteiger charge is 2.16. The number of benzene rings is 4. The summed E-state index contributed by atoms with van der Waals surface area (Å²) < 4.78 is 5.77. The summed E-state index contributed by atoms with van der Waals surface area (Å²) >= 11 is 6.24. The zero-order valence-corrected chi connectivity index (χ0v) is 20.0. The zero-order valence-electron chi connectivity index (χ0n) is 19.3. The average molecular weight is 485 g/mol. The highest BCUT2D eigenvalue weighted by Crippen LogP contribution is 2.30. The van der Waals surface area contributed by atoms with Gasteiger partial charge in [-0.15, -0.1) is 0 Å². The van der Waals surface area contributed by atoms with Crippen molar-refractivity contribution in [2.24, 2.45) is 0 Å². The van der Waals surface area contributed by atoms with E-state index in [0.717, 1.165) is 27.6 Å². The molecule has 0 spiro atoms. The molecule has 35 heavy (non-hydrogen) atoms. The van der Waals surface area contributed by atoms with Gasteiger partial charge < -0.3 is 15.4 Å². The molecule has 176 valence electrons. The molecule has 0 atom stereocenters. The molecule has 5 nitrogen and oxygen atoms in total. The molecular formula is C29H25ClN2O3. The van der Waals surface area contributed by atoms with Crippen molar-refractivity contribution < 1.29 is 14.3 Å². The molecule has 4 aromatic rings. The summed E-state index contributed by atoms with van der Waals surface area (Å²) in [6, 6.07) is 27.6. The van der Waals surface area contributed by atoms with Crippen LogP contribution in [0.15, 0.2) is 96.7 Å². The van der Waals surface area contributed by atoms with Gasteiger partial charge in [-0.2, -0.15) is 0 Å². The van der Waals surface area contributed by atoms with Crippen LogP contribution in [-0.4, -0.2) is 18.4 Å². The van der Waals surface area contributed by atoms with Crippen LogP contribution in [-0.2, 0) is 11.3 Å². The summed E-state index contributed by atoms with van der Waals surface area (Å²) in [4.78, 5) is 26.2. The molecule has 2 N–H and O–H groups in total. The molecule has 0 bridgehead atoms. The summed E-state index contributed by atoms with van der Waals surface area (Å²) in [7, 11) is 0. The van der Waals surface area contributed by atoms with Gasteiger partial charge in [0, 0.05) is 22.5 Å². The molecule has 2 amide bonds. The normalized spacial score (nSPS) is 11.2. The van der Waals surface area contributed by atoms with Crippen molar-refractivity contribution >= 4 is 40.3 Å². The van der Waals surface area contributed by atoms with E-state index >= 15 is 0 Å². The SMILES string of the molecule is CCOc1ccc(C=C(NC(=O)c2ccccc2)C(=O)NCc2ccccc2Cl)c2ccccc12. The van der Waals surface area contributed by atoms with E-state index in [1.54, 1.807) is 36.4 Å². The van der Waals surface area contributed by atoms with Gasteiger partial charge in [0.1, 0.15) is 11.4 Å². The van der Waals surface area contributed by atoms with Crippen molar-refractivity contribution in [1.29, 1.82) is 0 Å². The van der Waals surface area contributed by atoms with E-state index < -0.39 is 5.91 Å². The molecule has 0 heterocycles. The van der Waals surface area contributed by atoms with Crippen molar-refractivity contribution in [1.82, 2.24) is 10.6 Å². The van der Waals surface area contributed by atoms with Gasteiger partial charge in [-0.25, -0.2) is 0 Å². The van der Waals surface area contributed by atoms with Gasteiger partial charge in [-0.1, -0.05) is 78.3 Å². The van der Waals surface area contributed by atoms with E-state index in [2.05, 4.69) is 10.6 Å². The van der Waals surface area contributed by atoms with E-state index in [4.69, 9.17) is 16.3 Å². The van der Waals surface area contributed by atoms with Crippen LogP contribution >= 0.6 is 11.6 Å². The monoisotopic (exact) mass is 484 g/mol. The lowest BCUT2D eigenvalue weighted by atomic mass is 10.0. The quantitative estimate of drug-likeness (QED) is 0.302. The molecule has 6 heteroatoms. The van der Waals surface area contributed by atoms with Crippen LogP contribution in [0.25, 0.3) is 16.8 Å². The molecule has 4 aromatic carbocycles. The van der Waals surface area contributed by atoms with Gasteiger partial charge >= 0.3 is 0 Å². The van der Waals surface area contributed by atoms with Crippen LogP contribution in [0.4, 0.5) is 0 Å². The minimum Gasteiger partial charge on any atom is -0.493 e.